The summed E-state index contributed by atoms with van der Waals surface area (Å²) in [4.78, 5) is 14.3. The molecule has 0 bridgehead atoms. The van der Waals surface area contributed by atoms with Crippen LogP contribution >= 0.6 is 23.2 Å². The summed E-state index contributed by atoms with van der Waals surface area (Å²) in [6.07, 6.45) is 20.6. The summed E-state index contributed by atoms with van der Waals surface area (Å²) in [6, 6.07) is 16.6. The van der Waals surface area contributed by atoms with Crippen molar-refractivity contribution in [3.8, 4) is 12.3 Å². The molecule has 4 rings (SSSR count). The van der Waals surface area contributed by atoms with Crippen molar-refractivity contribution in [2.24, 2.45) is 9.98 Å². The summed E-state index contributed by atoms with van der Waals surface area (Å²) in [7, 11) is 1.83. The molecule has 7 heteroatoms. The van der Waals surface area contributed by atoms with Gasteiger partial charge in [0, 0.05) is 48.8 Å². The maximum Gasteiger partial charge on any atom is 0.131 e. The SMILES string of the molecule is C#CC.C/C=C(\C)CC.C/C=C\C.CC.CCC/C=C\C=C1/CN=C(CN2CCN(C(c3ccc(Cl)cc3)c3ccc(Cl)cc3)CC2)NC1=NC. The van der Waals surface area contributed by atoms with Gasteiger partial charge in [0.15, 0.2) is 0 Å². The van der Waals surface area contributed by atoms with E-state index in [-0.39, 0.29) is 6.04 Å². The molecule has 2 aromatic rings. The highest BCUT2D eigenvalue weighted by atomic mass is 35.5. The third-order valence-electron chi connectivity index (χ3n) is 8.02. The summed E-state index contributed by atoms with van der Waals surface area (Å²) in [5.74, 6) is 4.16. The van der Waals surface area contributed by atoms with Crippen LogP contribution in [0.25, 0.3) is 0 Å². The minimum atomic E-state index is 0.166. The van der Waals surface area contributed by atoms with Gasteiger partial charge in [-0.15, -0.1) is 12.3 Å². The number of halogens is 2. The van der Waals surface area contributed by atoms with Crippen LogP contribution in [0.3, 0.4) is 0 Å². The van der Waals surface area contributed by atoms with E-state index >= 15 is 0 Å². The van der Waals surface area contributed by atoms with Crippen molar-refractivity contribution in [3.05, 3.63) is 117 Å². The standard InChI is InChI=1S/C29H35Cl2N5.C6H12.C4H8.C3H4.C2H6/c1-3-4-5-6-7-24-20-33-27(34-29(24)32-2)21-35-16-18-36(19-17-35)28(22-8-12-25(30)13-9-22)23-10-14-26(31)15-11-23;1-4-6(3)5-2;1-3-4-2;1-3-2;1-2/h5-15,28H,3-4,16-21H2,1-2H3,(H,32,33,34);4H,5H2,1-3H3;3-4H,1-2H3;1H,2H3;1-2H3/b6-5-,24-7+;6-4+;4-3-;;. The summed E-state index contributed by atoms with van der Waals surface area (Å²) in [6.45, 7) is 23.5. The Labute approximate surface area is 322 Å². The van der Waals surface area contributed by atoms with Crippen LogP contribution in [0.15, 0.2) is 106 Å². The quantitative estimate of drug-likeness (QED) is 0.206. The number of rotatable bonds is 9. The maximum absolute atomic E-state index is 6.18. The van der Waals surface area contributed by atoms with Gasteiger partial charge in [-0.3, -0.25) is 19.8 Å². The van der Waals surface area contributed by atoms with Crippen LogP contribution in [0, 0.1) is 12.3 Å². The highest BCUT2D eigenvalue weighted by Gasteiger charge is 2.27. The second kappa shape index (κ2) is 30.2. The number of piperazine rings is 1. The average molecular weight is 735 g/mol. The lowest BCUT2D eigenvalue weighted by Gasteiger charge is -2.40. The topological polar surface area (TPSA) is 43.2 Å². The molecular formula is C44H65Cl2N5. The smallest absolute Gasteiger partial charge is 0.131 e. The number of nitrogens with one attached hydrogen (secondary N) is 1. The van der Waals surface area contributed by atoms with Gasteiger partial charge in [0.1, 0.15) is 11.7 Å². The molecule has 1 fully saturated rings. The first-order valence-corrected chi connectivity index (χ1v) is 19.1. The van der Waals surface area contributed by atoms with Gasteiger partial charge in [-0.2, -0.15) is 0 Å². The van der Waals surface area contributed by atoms with E-state index in [1.807, 2.05) is 71.2 Å². The predicted molar refractivity (Wildman–Crippen MR) is 230 cm³/mol. The zero-order valence-corrected chi connectivity index (χ0v) is 34.7. The number of unbranched alkanes of at least 4 members (excludes halogenated alkanes) is 1. The Morgan fingerprint density at radius 1 is 0.941 bits per heavy atom. The fraction of sp³-hybridized carbons (Fsp3) is 0.455. The van der Waals surface area contributed by atoms with Crippen LogP contribution in [0.5, 0.6) is 0 Å². The van der Waals surface area contributed by atoms with E-state index in [4.69, 9.17) is 28.2 Å². The van der Waals surface area contributed by atoms with Gasteiger partial charge in [-0.05, 0) is 82.9 Å². The van der Waals surface area contributed by atoms with Crippen molar-refractivity contribution >= 4 is 34.9 Å². The van der Waals surface area contributed by atoms with E-state index in [0.29, 0.717) is 6.54 Å². The molecule has 0 spiro atoms. The highest BCUT2D eigenvalue weighted by molar-refractivity contribution is 6.30. The van der Waals surface area contributed by atoms with Crippen LogP contribution in [0.4, 0.5) is 0 Å². The third-order valence-corrected chi connectivity index (χ3v) is 8.52. The lowest BCUT2D eigenvalue weighted by molar-refractivity contribution is 0.120. The van der Waals surface area contributed by atoms with Gasteiger partial charge < -0.3 is 5.32 Å². The largest absolute Gasteiger partial charge is 0.328 e. The molecular weight excluding hydrogens is 669 g/mol. The van der Waals surface area contributed by atoms with Crippen LogP contribution in [-0.2, 0) is 0 Å². The van der Waals surface area contributed by atoms with E-state index in [1.54, 1.807) is 6.92 Å². The first kappa shape index (κ1) is 47.6. The van der Waals surface area contributed by atoms with Gasteiger partial charge >= 0.3 is 0 Å². The molecule has 0 atom stereocenters. The fourth-order valence-corrected chi connectivity index (χ4v) is 5.13. The average Bonchev–Trinajstić information content (AvgIpc) is 3.17. The van der Waals surface area contributed by atoms with E-state index in [9.17, 15) is 0 Å². The van der Waals surface area contributed by atoms with Crippen LogP contribution in [0.1, 0.15) is 98.7 Å². The number of hydrogen-bond donors (Lipinski definition) is 1. The monoisotopic (exact) mass is 733 g/mol. The highest BCUT2D eigenvalue weighted by Crippen LogP contribution is 2.31. The molecule has 0 radical (unpaired) electrons. The van der Waals surface area contributed by atoms with Crippen molar-refractivity contribution in [2.45, 2.75) is 87.6 Å². The second-order valence-electron chi connectivity index (χ2n) is 11.6. The molecule has 2 aromatic carbocycles. The second-order valence-corrected chi connectivity index (χ2v) is 12.5. The van der Waals surface area contributed by atoms with E-state index in [1.165, 1.54) is 23.1 Å². The Kier molecular flexibility index (Phi) is 28.2. The van der Waals surface area contributed by atoms with Crippen molar-refractivity contribution in [1.82, 2.24) is 15.1 Å². The van der Waals surface area contributed by atoms with Gasteiger partial charge in [0.25, 0.3) is 0 Å². The molecule has 2 heterocycles. The molecule has 2 aliphatic heterocycles. The van der Waals surface area contributed by atoms with Crippen LogP contribution in [0.2, 0.25) is 10.0 Å². The van der Waals surface area contributed by atoms with Gasteiger partial charge in [0.2, 0.25) is 0 Å². The van der Waals surface area contributed by atoms with Crippen molar-refractivity contribution in [1.29, 1.82) is 0 Å². The molecule has 0 amide bonds. The molecule has 51 heavy (non-hydrogen) atoms. The molecule has 2 aliphatic rings. The van der Waals surface area contributed by atoms with E-state index < -0.39 is 0 Å². The molecule has 5 nitrogen and oxygen atoms in total. The minimum Gasteiger partial charge on any atom is -0.328 e. The summed E-state index contributed by atoms with van der Waals surface area (Å²) >= 11 is 12.4. The Morgan fingerprint density at radius 2 is 1.45 bits per heavy atom. The van der Waals surface area contributed by atoms with Gasteiger partial charge in [0.05, 0.1) is 19.1 Å². The molecule has 0 aliphatic carbocycles. The molecule has 1 saturated heterocycles. The van der Waals surface area contributed by atoms with E-state index in [2.05, 4.69) is 109 Å². The third kappa shape index (κ3) is 19.7. The summed E-state index contributed by atoms with van der Waals surface area (Å²) in [5.41, 5.74) is 5.08. The fourth-order valence-electron chi connectivity index (χ4n) is 4.88. The summed E-state index contributed by atoms with van der Waals surface area (Å²) < 4.78 is 0. The van der Waals surface area contributed by atoms with Crippen LogP contribution in [-0.4, -0.2) is 67.8 Å². The minimum absolute atomic E-state index is 0.166. The normalized spacial score (nSPS) is 16.5. The Bertz CT molecular complexity index is 1370. The Hall–Kier alpha value is -3.40. The number of allylic oxidation sites excluding steroid dienone is 7. The van der Waals surface area contributed by atoms with Gasteiger partial charge in [-0.25, -0.2) is 0 Å². The summed E-state index contributed by atoms with van der Waals surface area (Å²) in [5, 5.41) is 4.96. The Morgan fingerprint density at radius 3 is 1.84 bits per heavy atom. The lowest BCUT2D eigenvalue weighted by atomic mass is 9.96. The molecule has 280 valence electrons. The lowest BCUT2D eigenvalue weighted by Crippen LogP contribution is -2.51. The number of nitrogens with zero attached hydrogens (tertiary/aromatic N) is 4. The molecule has 0 saturated carbocycles. The number of terminal acetylenes is 1. The number of amidine groups is 2. The molecule has 0 aromatic heterocycles. The van der Waals surface area contributed by atoms with Crippen molar-refractivity contribution in [3.63, 3.8) is 0 Å². The van der Waals surface area contributed by atoms with E-state index in [0.717, 1.165) is 72.9 Å². The van der Waals surface area contributed by atoms with Gasteiger partial charge in [-0.1, -0.05) is 124 Å². The number of aliphatic imine (C=N–C) groups is 2. The first-order valence-electron chi connectivity index (χ1n) is 18.4. The number of benzene rings is 2. The molecule has 1 N–H and O–H groups in total. The first-order chi connectivity index (χ1) is 24.7. The van der Waals surface area contributed by atoms with Crippen LogP contribution < -0.4 is 5.32 Å². The number of hydrogen-bond acceptors (Lipinski definition) is 4. The zero-order chi connectivity index (χ0) is 38.4. The maximum atomic E-state index is 6.18. The van der Waals surface area contributed by atoms with Crippen molar-refractivity contribution < 1.29 is 0 Å². The molecule has 0 unspecified atom stereocenters. The predicted octanol–water partition coefficient (Wildman–Crippen LogP) is 11.6. The van der Waals surface area contributed by atoms with Crippen molar-refractivity contribution in [2.75, 3.05) is 46.3 Å². The Balaban J connectivity index is 0.00000142. The zero-order valence-electron chi connectivity index (χ0n) is 33.1.